The number of nitrogens with one attached hydrogen (secondary N) is 1. The molecule has 0 aliphatic carbocycles. The zero-order valence-corrected chi connectivity index (χ0v) is 16.2. The minimum atomic E-state index is 0.158. The summed E-state index contributed by atoms with van der Waals surface area (Å²) in [6.45, 7) is 3.27. The molecule has 4 nitrogen and oxygen atoms in total. The average Bonchev–Trinajstić information content (AvgIpc) is 2.87. The number of rotatable bonds is 5. The number of fused-ring (bicyclic) bond motifs is 1. The van der Waals surface area contributed by atoms with Crippen molar-refractivity contribution in [1.82, 2.24) is 14.9 Å². The van der Waals surface area contributed by atoms with Gasteiger partial charge in [0.25, 0.3) is 0 Å². The van der Waals surface area contributed by atoms with Gasteiger partial charge in [0.15, 0.2) is 0 Å². The molecule has 2 heterocycles. The molecule has 7 heteroatoms. The smallest absolute Gasteiger partial charge is 0.201 e. The fourth-order valence-corrected chi connectivity index (χ4v) is 3.82. The standard InChI is InChI=1S/C18H18Cl3N3O/c1-10-13(8-19)16(12-4-3-11(20)7-14(12)21)17-15(23-10)9-24(18(17)25)6-5-22-2/h3-4,7,9,22,25H,5-6,8H2,1-2H3. The summed E-state index contributed by atoms with van der Waals surface area (Å²) in [5.41, 5.74) is 3.95. The van der Waals surface area contributed by atoms with Crippen LogP contribution in [0.25, 0.3) is 22.0 Å². The quantitative estimate of drug-likeness (QED) is 0.596. The molecule has 2 N–H and O–H groups in total. The highest BCUT2D eigenvalue weighted by molar-refractivity contribution is 6.37. The molecule has 132 valence electrons. The molecule has 3 aromatic rings. The Morgan fingerprint density at radius 3 is 2.68 bits per heavy atom. The first-order valence-corrected chi connectivity index (χ1v) is 9.14. The minimum absolute atomic E-state index is 0.158. The number of likely N-dealkylation sites (N-methyl/N-ethyl adjacent to an activating group) is 1. The number of aryl methyl sites for hydroxylation is 1. The van der Waals surface area contributed by atoms with Crippen molar-refractivity contribution in [1.29, 1.82) is 0 Å². The average molecular weight is 399 g/mol. The van der Waals surface area contributed by atoms with Crippen molar-refractivity contribution < 1.29 is 5.11 Å². The molecule has 0 radical (unpaired) electrons. The van der Waals surface area contributed by atoms with Crippen molar-refractivity contribution in [2.24, 2.45) is 0 Å². The maximum Gasteiger partial charge on any atom is 0.201 e. The normalized spacial score (nSPS) is 11.4. The van der Waals surface area contributed by atoms with Gasteiger partial charge in [0.1, 0.15) is 0 Å². The highest BCUT2D eigenvalue weighted by Gasteiger charge is 2.21. The number of pyridine rings is 1. The van der Waals surface area contributed by atoms with Crippen LogP contribution in [0.4, 0.5) is 0 Å². The van der Waals surface area contributed by atoms with E-state index in [2.05, 4.69) is 10.3 Å². The number of aromatic nitrogens is 2. The van der Waals surface area contributed by atoms with Gasteiger partial charge in [-0.15, -0.1) is 11.6 Å². The number of aromatic hydroxyl groups is 1. The van der Waals surface area contributed by atoms with Gasteiger partial charge in [0.05, 0.1) is 10.9 Å². The van der Waals surface area contributed by atoms with Gasteiger partial charge in [-0.25, -0.2) is 0 Å². The number of halogens is 3. The maximum atomic E-state index is 10.8. The number of hydrogen-bond donors (Lipinski definition) is 2. The van der Waals surface area contributed by atoms with Gasteiger partial charge in [0.2, 0.25) is 5.88 Å². The highest BCUT2D eigenvalue weighted by Crippen LogP contribution is 2.42. The fraction of sp³-hybridized carbons (Fsp3) is 0.278. The highest BCUT2D eigenvalue weighted by atomic mass is 35.5. The van der Waals surface area contributed by atoms with E-state index in [9.17, 15) is 5.11 Å². The molecule has 0 spiro atoms. The maximum absolute atomic E-state index is 10.8. The lowest BCUT2D eigenvalue weighted by atomic mass is 9.96. The first kappa shape index (κ1) is 18.3. The van der Waals surface area contributed by atoms with Gasteiger partial charge in [-0.05, 0) is 31.7 Å². The Balaban J connectivity index is 2.36. The summed E-state index contributed by atoms with van der Waals surface area (Å²) < 4.78 is 1.78. The van der Waals surface area contributed by atoms with Crippen LogP contribution in [0.2, 0.25) is 10.0 Å². The van der Waals surface area contributed by atoms with Gasteiger partial charge in [0, 0.05) is 52.0 Å². The Labute approximate surface area is 161 Å². The number of nitrogens with zero attached hydrogens (tertiary/aromatic N) is 2. The Hall–Kier alpha value is -1.46. The van der Waals surface area contributed by atoms with E-state index >= 15 is 0 Å². The molecular formula is C18H18Cl3N3O. The van der Waals surface area contributed by atoms with E-state index in [0.717, 1.165) is 28.9 Å². The summed E-state index contributed by atoms with van der Waals surface area (Å²) in [5.74, 6) is 0.426. The molecule has 0 saturated heterocycles. The van der Waals surface area contributed by atoms with Crippen LogP contribution in [0.1, 0.15) is 11.3 Å². The molecule has 0 fully saturated rings. The van der Waals surface area contributed by atoms with Crippen LogP contribution in [0, 0.1) is 6.92 Å². The third-order valence-corrected chi connectivity index (χ3v) is 5.06. The number of benzene rings is 1. The van der Waals surface area contributed by atoms with Crippen molar-refractivity contribution in [3.63, 3.8) is 0 Å². The van der Waals surface area contributed by atoms with E-state index in [1.165, 1.54) is 0 Å². The van der Waals surface area contributed by atoms with Crippen LogP contribution >= 0.6 is 34.8 Å². The second-order valence-corrected chi connectivity index (χ2v) is 6.93. The summed E-state index contributed by atoms with van der Waals surface area (Å²) in [6.07, 6.45) is 1.85. The molecule has 3 rings (SSSR count). The van der Waals surface area contributed by atoms with Gasteiger partial charge in [-0.3, -0.25) is 4.98 Å². The Bertz CT molecular complexity index is 937. The van der Waals surface area contributed by atoms with Gasteiger partial charge in [-0.1, -0.05) is 29.3 Å². The summed E-state index contributed by atoms with van der Waals surface area (Å²) in [4.78, 5) is 4.61. The summed E-state index contributed by atoms with van der Waals surface area (Å²) in [6, 6.07) is 5.31. The lowest BCUT2D eigenvalue weighted by molar-refractivity contribution is 0.420. The van der Waals surface area contributed by atoms with Crippen molar-refractivity contribution in [2.75, 3.05) is 13.6 Å². The first-order chi connectivity index (χ1) is 12.0. The molecule has 25 heavy (non-hydrogen) atoms. The zero-order chi connectivity index (χ0) is 18.1. The van der Waals surface area contributed by atoms with Gasteiger partial charge >= 0.3 is 0 Å². The third kappa shape index (κ3) is 3.32. The van der Waals surface area contributed by atoms with Crippen LogP contribution in [-0.4, -0.2) is 28.3 Å². The van der Waals surface area contributed by atoms with Crippen LogP contribution < -0.4 is 5.32 Å². The second-order valence-electron chi connectivity index (χ2n) is 5.82. The molecule has 0 atom stereocenters. The topological polar surface area (TPSA) is 50.1 Å². The van der Waals surface area contributed by atoms with E-state index < -0.39 is 0 Å². The van der Waals surface area contributed by atoms with Crippen molar-refractivity contribution in [2.45, 2.75) is 19.3 Å². The molecule has 0 aliphatic rings. The van der Waals surface area contributed by atoms with E-state index in [4.69, 9.17) is 34.8 Å². The predicted molar refractivity (Wildman–Crippen MR) is 105 cm³/mol. The molecular weight excluding hydrogens is 381 g/mol. The molecule has 0 aliphatic heterocycles. The van der Waals surface area contributed by atoms with Crippen molar-refractivity contribution >= 4 is 45.7 Å². The molecule has 2 aromatic heterocycles. The Morgan fingerprint density at radius 1 is 1.28 bits per heavy atom. The lowest BCUT2D eigenvalue weighted by Crippen LogP contribution is -2.13. The van der Waals surface area contributed by atoms with Gasteiger partial charge < -0.3 is 15.0 Å². The van der Waals surface area contributed by atoms with Crippen molar-refractivity contribution in [3.05, 3.63) is 45.7 Å². The van der Waals surface area contributed by atoms with E-state index in [1.807, 2.05) is 26.2 Å². The Kier molecular flexibility index (Phi) is 5.44. The second kappa shape index (κ2) is 7.42. The SMILES string of the molecule is CNCCn1cc2nc(C)c(CCl)c(-c3ccc(Cl)cc3Cl)c2c1O. The van der Waals surface area contributed by atoms with E-state index in [-0.39, 0.29) is 11.8 Å². The predicted octanol–water partition coefficient (Wildman–Crippen LogP) is 4.98. The minimum Gasteiger partial charge on any atom is -0.494 e. The van der Waals surface area contributed by atoms with E-state index in [1.54, 1.807) is 16.7 Å². The van der Waals surface area contributed by atoms with Crippen LogP contribution in [0.15, 0.2) is 24.4 Å². The largest absolute Gasteiger partial charge is 0.494 e. The molecule has 0 amide bonds. The number of alkyl halides is 1. The molecule has 0 unspecified atom stereocenters. The molecule has 0 saturated carbocycles. The van der Waals surface area contributed by atoms with Crippen LogP contribution in [0.3, 0.4) is 0 Å². The molecule has 0 bridgehead atoms. The zero-order valence-electron chi connectivity index (χ0n) is 13.9. The lowest BCUT2D eigenvalue weighted by Gasteiger charge is -2.14. The summed E-state index contributed by atoms with van der Waals surface area (Å²) in [5, 5.41) is 15.6. The van der Waals surface area contributed by atoms with E-state index in [0.29, 0.717) is 27.5 Å². The first-order valence-electron chi connectivity index (χ1n) is 7.85. The monoisotopic (exact) mass is 397 g/mol. The third-order valence-electron chi connectivity index (χ3n) is 4.24. The van der Waals surface area contributed by atoms with Crippen LogP contribution in [-0.2, 0) is 12.4 Å². The number of hydrogen-bond acceptors (Lipinski definition) is 3. The Morgan fingerprint density at radius 2 is 2.04 bits per heavy atom. The fourth-order valence-electron chi connectivity index (χ4n) is 2.99. The van der Waals surface area contributed by atoms with Crippen molar-refractivity contribution in [3.8, 4) is 17.0 Å². The van der Waals surface area contributed by atoms with Crippen LogP contribution in [0.5, 0.6) is 5.88 Å². The summed E-state index contributed by atoms with van der Waals surface area (Å²) in [7, 11) is 1.87. The molecule has 1 aromatic carbocycles. The summed E-state index contributed by atoms with van der Waals surface area (Å²) >= 11 is 18.7. The van der Waals surface area contributed by atoms with Gasteiger partial charge in [-0.2, -0.15) is 0 Å².